The maximum absolute atomic E-state index is 16.0. The van der Waals surface area contributed by atoms with E-state index in [0.29, 0.717) is 42.9 Å². The van der Waals surface area contributed by atoms with Crippen LogP contribution in [-0.2, 0) is 49.3 Å². The lowest BCUT2D eigenvalue weighted by molar-refractivity contribution is -0.142. The highest BCUT2D eigenvalue weighted by Crippen LogP contribution is 2.49. The number of benzene rings is 2. The van der Waals surface area contributed by atoms with Gasteiger partial charge < -0.3 is 66.0 Å². The zero-order chi connectivity index (χ0) is 61.3. The van der Waals surface area contributed by atoms with E-state index in [0.717, 1.165) is 23.3 Å². The minimum Gasteiger partial charge on any atom is -0.495 e. The minimum atomic E-state index is -1.93. The maximum Gasteiger partial charge on any atom is 0.412 e. The molecule has 5 rings (SSSR count). The number of ether oxygens (including phenoxy) is 5. The van der Waals surface area contributed by atoms with E-state index in [1.54, 1.807) is 52.0 Å². The van der Waals surface area contributed by atoms with Crippen LogP contribution in [0.1, 0.15) is 91.5 Å². The number of hydrogen-bond acceptors (Lipinski definition) is 14. The largest absolute Gasteiger partial charge is 0.495 e. The zero-order valence-corrected chi connectivity index (χ0v) is 51.7. The van der Waals surface area contributed by atoms with Crippen molar-refractivity contribution in [3.8, 4) is 5.75 Å². The molecular formula is C56H77Br2ClFN9O14. The molecule has 0 aromatic heterocycles. The van der Waals surface area contributed by atoms with Gasteiger partial charge in [0.2, 0.25) is 29.5 Å². The molecule has 0 spiro atoms. The number of anilines is 3. The Balaban J connectivity index is 1.31. The first-order valence-electron chi connectivity index (χ1n) is 27.3. The summed E-state index contributed by atoms with van der Waals surface area (Å²) in [5.41, 5.74) is 3.29. The van der Waals surface area contributed by atoms with Gasteiger partial charge in [0.25, 0.3) is 0 Å². The number of rotatable bonds is 23. The lowest BCUT2D eigenvalue weighted by Crippen LogP contribution is -2.63. The van der Waals surface area contributed by atoms with Crippen molar-refractivity contribution in [2.75, 3.05) is 60.6 Å². The van der Waals surface area contributed by atoms with Gasteiger partial charge >= 0.3 is 18.2 Å². The lowest BCUT2D eigenvalue weighted by Gasteiger charge is -2.42. The van der Waals surface area contributed by atoms with Crippen molar-refractivity contribution >= 4 is 108 Å². The van der Waals surface area contributed by atoms with Gasteiger partial charge in [0, 0.05) is 62.4 Å². The van der Waals surface area contributed by atoms with Gasteiger partial charge in [-0.3, -0.25) is 34.6 Å². The van der Waals surface area contributed by atoms with Gasteiger partial charge in [-0.2, -0.15) is 0 Å². The summed E-state index contributed by atoms with van der Waals surface area (Å²) in [6, 6.07) is 3.72. The number of primary amides is 1. The summed E-state index contributed by atoms with van der Waals surface area (Å²) >= 11 is 13.4. The number of halogens is 4. The third-order valence-electron chi connectivity index (χ3n) is 14.7. The minimum absolute atomic E-state index is 0.0170. The molecule has 9 atom stereocenters. The fourth-order valence-electron chi connectivity index (χ4n) is 9.75. The Labute approximate surface area is 504 Å². The van der Waals surface area contributed by atoms with Crippen molar-refractivity contribution in [1.82, 2.24) is 26.6 Å². The Morgan fingerprint density at radius 3 is 2.34 bits per heavy atom. The molecule has 0 unspecified atom stereocenters. The van der Waals surface area contributed by atoms with Gasteiger partial charge in [-0.1, -0.05) is 94.5 Å². The average Bonchev–Trinajstić information content (AvgIpc) is 1.91. The molecule has 0 saturated carbocycles. The third-order valence-corrected chi connectivity index (χ3v) is 16.6. The van der Waals surface area contributed by atoms with Gasteiger partial charge in [-0.05, 0) is 87.8 Å². The number of nitrogens with two attached hydrogens (primary N) is 1. The number of urea groups is 1. The molecule has 3 aliphatic heterocycles. The first-order chi connectivity index (χ1) is 39.3. The molecule has 458 valence electrons. The summed E-state index contributed by atoms with van der Waals surface area (Å²) in [5.74, 6) is -4.50. The van der Waals surface area contributed by atoms with Gasteiger partial charge in [-0.15, -0.1) is 0 Å². The fourth-order valence-corrected chi connectivity index (χ4v) is 11.7. The monoisotopic (exact) mass is 1310 g/mol. The van der Waals surface area contributed by atoms with Gasteiger partial charge in [-0.25, -0.2) is 18.8 Å². The molecule has 0 aliphatic carbocycles. The predicted octanol–water partition coefficient (Wildman–Crippen LogP) is 6.61. The molecule has 9 amide bonds. The predicted molar refractivity (Wildman–Crippen MR) is 316 cm³/mol. The molecule has 83 heavy (non-hydrogen) atoms. The van der Waals surface area contributed by atoms with Crippen LogP contribution in [0.15, 0.2) is 54.1 Å². The zero-order valence-electron chi connectivity index (χ0n) is 47.8. The first kappa shape index (κ1) is 67.7. The van der Waals surface area contributed by atoms with Crippen molar-refractivity contribution in [2.24, 2.45) is 23.5 Å². The Bertz CT molecular complexity index is 2740. The Morgan fingerprint density at radius 1 is 0.976 bits per heavy atom. The van der Waals surface area contributed by atoms with E-state index in [9.17, 15) is 43.5 Å². The first-order valence-corrected chi connectivity index (χ1v) is 29.9. The van der Waals surface area contributed by atoms with Crippen LogP contribution in [0.3, 0.4) is 0 Å². The van der Waals surface area contributed by atoms with Crippen LogP contribution in [0.2, 0.25) is 5.02 Å². The second-order valence-electron chi connectivity index (χ2n) is 21.4. The van der Waals surface area contributed by atoms with Crippen LogP contribution in [0.25, 0.3) is 0 Å². The number of allylic oxidation sites excluding steroid dienone is 3. The summed E-state index contributed by atoms with van der Waals surface area (Å²) in [6.45, 7) is 9.14. The molecule has 2 fully saturated rings. The number of epoxide rings is 1. The number of unbranched alkanes of at least 4 members (excludes halogenated alkanes) is 2. The van der Waals surface area contributed by atoms with E-state index >= 15 is 4.39 Å². The second kappa shape index (κ2) is 31.2. The topological polar surface area (TPSA) is 320 Å². The SMILES string of the molecule is COc1cc2cc(c1Cl)N(C)C(=O)C[C@H](OC(=O)Nc1ccc(NC(=O)[C@H](CCCNC(N)=O)NC(=O)[C@@H](NC(=O)CCCCCNC(=O)C(CBr)CBr)C(C)C)cc1F)[C@]1(C)O[C@H]1[C@H](C)[C@@H]1C[C@@](O)(NC(=O)O1)[C@H](OC)/C=C/C=C(\C)C2. The molecule has 27 heteroatoms. The quantitative estimate of drug-likeness (QED) is 0.0321. The number of carbonyl (C=O) groups excluding carboxylic acids is 8. The summed E-state index contributed by atoms with van der Waals surface area (Å²) in [7, 11) is 4.32. The second-order valence-corrected chi connectivity index (χ2v) is 23.1. The number of alkyl carbamates (subject to hydrolysis) is 1. The lowest BCUT2D eigenvalue weighted by atomic mass is 9.83. The summed E-state index contributed by atoms with van der Waals surface area (Å²) in [4.78, 5) is 107. The van der Waals surface area contributed by atoms with Crippen molar-refractivity contribution in [2.45, 2.75) is 140 Å². The number of alkyl halides is 2. The number of nitrogens with one attached hydrogen (secondary N) is 7. The fraction of sp³-hybridized carbons (Fsp3) is 0.571. The van der Waals surface area contributed by atoms with Crippen LogP contribution < -0.4 is 52.6 Å². The number of hydrogen-bond donors (Lipinski definition) is 9. The maximum atomic E-state index is 16.0. The van der Waals surface area contributed by atoms with Crippen LogP contribution >= 0.6 is 43.5 Å². The molecule has 2 saturated heterocycles. The van der Waals surface area contributed by atoms with Gasteiger partial charge in [0.05, 0.1) is 36.9 Å². The van der Waals surface area contributed by atoms with Crippen LogP contribution in [0, 0.1) is 23.6 Å². The highest BCUT2D eigenvalue weighted by Gasteiger charge is 2.64. The summed E-state index contributed by atoms with van der Waals surface area (Å²) in [5, 5.41) is 31.2. The van der Waals surface area contributed by atoms with E-state index in [1.165, 1.54) is 32.2 Å². The number of amides is 9. The van der Waals surface area contributed by atoms with E-state index in [1.807, 2.05) is 13.0 Å². The third kappa shape index (κ3) is 19.0. The number of nitrogens with zero attached hydrogens (tertiary/aromatic N) is 1. The normalized spacial score (nSPS) is 24.3. The van der Waals surface area contributed by atoms with Gasteiger partial charge in [0.15, 0.2) is 5.72 Å². The number of methoxy groups -OCH3 is 2. The van der Waals surface area contributed by atoms with E-state index in [4.69, 9.17) is 41.0 Å². The molecule has 4 bridgehead atoms. The Kier molecular flexibility index (Phi) is 25.4. The van der Waals surface area contributed by atoms with Crippen LogP contribution in [0.4, 0.5) is 35.8 Å². The smallest absolute Gasteiger partial charge is 0.412 e. The Morgan fingerprint density at radius 2 is 1.69 bits per heavy atom. The van der Waals surface area contributed by atoms with Crippen molar-refractivity contribution in [3.63, 3.8) is 0 Å². The standard InChI is InChI=1S/C56H77Br2ClFN9O14/c1-30(2)47(67-44(70)17-10-9-11-20-62-49(72)34(28-57)29-58)51(74)65-38(15-13-21-63-52(61)75)50(73)64-35-18-19-37(36(60)25-35)66-53(76)82-43-26-45(71)69(6)39-23-33(24-40(79-7)46(39)59)22-31(3)14-12-16-42(80-8)56(78)27-41(81-54(77)68-56)32(4)48-55(43,5)83-48/h12,14,16,18-19,23-25,30,32,34,38,41-43,47-48,78H,9-11,13,15,17,20-22,26-29H2,1-8H3,(H,62,72)(H,64,73)(H,65,74)(H,66,76)(H,67,70)(H,68,77)(H3,61,63,75)/b16-12+,31-14+/t32-,38+,41+,42-,43+,47+,48+,55+,56+/m1/s1. The van der Waals surface area contributed by atoms with Gasteiger partial charge in [0.1, 0.15) is 52.6 Å². The molecule has 2 aromatic rings. The molecule has 0 radical (unpaired) electrons. The summed E-state index contributed by atoms with van der Waals surface area (Å²) in [6.07, 6.45) is 0.574. The highest BCUT2D eigenvalue weighted by molar-refractivity contribution is 9.09. The highest BCUT2D eigenvalue weighted by atomic mass is 79.9. The molecule has 2 aromatic carbocycles. The van der Waals surface area contributed by atoms with Crippen LogP contribution in [-0.4, -0.2) is 146 Å². The van der Waals surface area contributed by atoms with Crippen molar-refractivity contribution in [3.05, 3.63) is 70.5 Å². The molecule has 3 aliphatic rings. The van der Waals surface area contributed by atoms with E-state index in [-0.39, 0.29) is 77.8 Å². The molecule has 3 heterocycles. The van der Waals surface area contributed by atoms with Crippen molar-refractivity contribution in [1.29, 1.82) is 0 Å². The number of fused-ring (bicyclic) bond motifs is 5. The number of carbonyl (C=O) groups is 8. The van der Waals surface area contributed by atoms with Crippen LogP contribution in [0.5, 0.6) is 5.75 Å². The molecular weight excluding hydrogens is 1240 g/mol. The van der Waals surface area contributed by atoms with Crippen molar-refractivity contribution < 1.29 is 71.5 Å². The summed E-state index contributed by atoms with van der Waals surface area (Å²) < 4.78 is 45.2. The average molecular weight is 1310 g/mol. The van der Waals surface area contributed by atoms with E-state index in [2.05, 4.69) is 69.1 Å². The number of aliphatic hydroxyl groups is 1. The molecule has 23 nitrogen and oxygen atoms in total. The Hall–Kier alpha value is -6.06. The molecule has 10 N–H and O–H groups in total. The van der Waals surface area contributed by atoms with E-state index < -0.39 is 108 Å².